The fourth-order valence-corrected chi connectivity index (χ4v) is 4.74. The molecule has 0 bridgehead atoms. The summed E-state index contributed by atoms with van der Waals surface area (Å²) < 4.78 is 9.02. The molecule has 4 nitrogen and oxygen atoms in total. The summed E-state index contributed by atoms with van der Waals surface area (Å²) in [5, 5.41) is 4.06. The Kier molecular flexibility index (Phi) is 7.86. The molecule has 3 rings (SSSR count). The van der Waals surface area contributed by atoms with Crippen molar-refractivity contribution in [3.63, 3.8) is 0 Å². The summed E-state index contributed by atoms with van der Waals surface area (Å²) in [5.41, 5.74) is 5.10. The molecule has 0 aliphatic rings. The summed E-state index contributed by atoms with van der Waals surface area (Å²) >= 11 is 7.93. The van der Waals surface area contributed by atoms with Crippen LogP contribution in [-0.4, -0.2) is 12.1 Å². The predicted octanol–water partition coefficient (Wildman–Crippen LogP) is 6.00. The minimum Gasteiger partial charge on any atom is -0.487 e. The van der Waals surface area contributed by atoms with E-state index in [1.165, 1.54) is 0 Å². The van der Waals surface area contributed by atoms with Crippen LogP contribution in [0.3, 0.4) is 0 Å². The molecule has 0 spiro atoms. The molecule has 0 aliphatic heterocycles. The van der Waals surface area contributed by atoms with E-state index in [0.717, 1.165) is 28.5 Å². The molecule has 7 heteroatoms. The van der Waals surface area contributed by atoms with Crippen LogP contribution in [-0.2, 0) is 6.61 Å². The van der Waals surface area contributed by atoms with Gasteiger partial charge in [-0.1, -0.05) is 46.3 Å². The highest BCUT2D eigenvalue weighted by molar-refractivity contribution is 14.1. The SMILES string of the molecule is O=C(N/N=C\c1cc(I)c(OCc2ccc(Br)cc2)c(I)c1)c1ccccc1. The molecule has 0 fully saturated rings. The third-order valence-corrected chi connectivity index (χ3v) is 5.86. The van der Waals surface area contributed by atoms with E-state index in [0.29, 0.717) is 12.2 Å². The Hall–Kier alpha value is -1.46. The molecule has 0 saturated carbocycles. The van der Waals surface area contributed by atoms with Gasteiger partial charge in [0.25, 0.3) is 5.91 Å². The molecule has 1 amide bonds. The molecule has 1 N–H and O–H groups in total. The first-order valence-electron chi connectivity index (χ1n) is 8.27. The summed E-state index contributed by atoms with van der Waals surface area (Å²) in [6, 6.07) is 21.0. The summed E-state index contributed by atoms with van der Waals surface area (Å²) in [6.45, 7) is 0.500. The number of nitrogens with one attached hydrogen (secondary N) is 1. The Labute approximate surface area is 199 Å². The normalized spacial score (nSPS) is 10.8. The quantitative estimate of drug-likeness (QED) is 0.200. The maximum atomic E-state index is 12.0. The molecule has 0 aromatic heterocycles. The second kappa shape index (κ2) is 10.4. The number of nitrogens with zero attached hydrogens (tertiary/aromatic N) is 1. The summed E-state index contributed by atoms with van der Waals surface area (Å²) in [4.78, 5) is 12.0. The predicted molar refractivity (Wildman–Crippen MR) is 132 cm³/mol. The average molecular weight is 661 g/mol. The van der Waals surface area contributed by atoms with Crippen LogP contribution in [0.15, 0.2) is 76.3 Å². The zero-order valence-corrected chi connectivity index (χ0v) is 20.4. The van der Waals surface area contributed by atoms with E-state index >= 15 is 0 Å². The molecule has 28 heavy (non-hydrogen) atoms. The fraction of sp³-hybridized carbons (Fsp3) is 0.0476. The van der Waals surface area contributed by atoms with Crippen molar-refractivity contribution in [1.82, 2.24) is 5.43 Å². The van der Waals surface area contributed by atoms with Gasteiger partial charge in [0.2, 0.25) is 0 Å². The number of carbonyl (C=O) groups excluding carboxylic acids is 1. The maximum Gasteiger partial charge on any atom is 0.271 e. The Balaban J connectivity index is 1.64. The summed E-state index contributed by atoms with van der Waals surface area (Å²) in [7, 11) is 0. The van der Waals surface area contributed by atoms with Gasteiger partial charge in [-0.25, -0.2) is 5.43 Å². The lowest BCUT2D eigenvalue weighted by Crippen LogP contribution is -2.17. The van der Waals surface area contributed by atoms with Crippen molar-refractivity contribution in [2.75, 3.05) is 0 Å². The Bertz CT molecular complexity index is 970. The molecule has 0 saturated heterocycles. The molecule has 3 aromatic carbocycles. The van der Waals surface area contributed by atoms with Crippen molar-refractivity contribution in [3.8, 4) is 5.75 Å². The molecule has 0 atom stereocenters. The topological polar surface area (TPSA) is 50.7 Å². The highest BCUT2D eigenvalue weighted by atomic mass is 127. The van der Waals surface area contributed by atoms with Gasteiger partial charge in [-0.15, -0.1) is 0 Å². The second-order valence-electron chi connectivity index (χ2n) is 5.79. The molecule has 0 aliphatic carbocycles. The van der Waals surface area contributed by atoms with Gasteiger partial charge in [0.05, 0.1) is 13.4 Å². The van der Waals surface area contributed by atoms with E-state index < -0.39 is 0 Å². The summed E-state index contributed by atoms with van der Waals surface area (Å²) in [6.07, 6.45) is 1.63. The number of halogens is 3. The smallest absolute Gasteiger partial charge is 0.271 e. The van der Waals surface area contributed by atoms with Gasteiger partial charge in [-0.05, 0) is 92.7 Å². The van der Waals surface area contributed by atoms with Gasteiger partial charge >= 0.3 is 0 Å². The molecule has 142 valence electrons. The second-order valence-corrected chi connectivity index (χ2v) is 9.03. The number of rotatable bonds is 6. The van der Waals surface area contributed by atoms with Gasteiger partial charge < -0.3 is 4.74 Å². The van der Waals surface area contributed by atoms with Gasteiger partial charge in [0, 0.05) is 10.0 Å². The van der Waals surface area contributed by atoms with E-state index in [9.17, 15) is 4.79 Å². The van der Waals surface area contributed by atoms with Gasteiger partial charge in [0.1, 0.15) is 12.4 Å². The minimum atomic E-state index is -0.240. The molecule has 0 unspecified atom stereocenters. The van der Waals surface area contributed by atoms with Crippen molar-refractivity contribution >= 4 is 73.2 Å². The number of hydrogen-bond donors (Lipinski definition) is 1. The van der Waals surface area contributed by atoms with Gasteiger partial charge in [0.15, 0.2) is 0 Å². The van der Waals surface area contributed by atoms with Crippen molar-refractivity contribution in [2.24, 2.45) is 5.10 Å². The monoisotopic (exact) mass is 660 g/mol. The highest BCUT2D eigenvalue weighted by Crippen LogP contribution is 2.29. The van der Waals surface area contributed by atoms with Gasteiger partial charge in [-0.2, -0.15) is 5.10 Å². The highest BCUT2D eigenvalue weighted by Gasteiger charge is 2.09. The van der Waals surface area contributed by atoms with Crippen molar-refractivity contribution in [3.05, 3.63) is 95.0 Å². The van der Waals surface area contributed by atoms with Crippen LogP contribution in [0.5, 0.6) is 5.75 Å². The van der Waals surface area contributed by atoms with Crippen LogP contribution in [0, 0.1) is 7.14 Å². The number of ether oxygens (including phenoxy) is 1. The van der Waals surface area contributed by atoms with E-state index in [-0.39, 0.29) is 5.91 Å². The molecule has 0 heterocycles. The number of hydrazone groups is 1. The van der Waals surface area contributed by atoms with Crippen molar-refractivity contribution in [2.45, 2.75) is 6.61 Å². The minimum absolute atomic E-state index is 0.240. The Morgan fingerprint density at radius 3 is 2.32 bits per heavy atom. The van der Waals surface area contributed by atoms with E-state index in [2.05, 4.69) is 71.6 Å². The molecular weight excluding hydrogens is 646 g/mol. The zero-order valence-electron chi connectivity index (χ0n) is 14.5. The third kappa shape index (κ3) is 6.02. The number of amides is 1. The lowest BCUT2D eigenvalue weighted by atomic mass is 10.2. The van der Waals surface area contributed by atoms with Crippen molar-refractivity contribution < 1.29 is 9.53 Å². The standard InChI is InChI=1S/C21H15BrI2N2O2/c22-17-8-6-14(7-9-17)13-28-20-18(23)10-15(11-19(20)24)12-25-26-21(27)16-4-2-1-3-5-16/h1-12H,13H2,(H,26,27)/b25-12-. The molecule has 3 aromatic rings. The Morgan fingerprint density at radius 2 is 1.68 bits per heavy atom. The molecule has 0 radical (unpaired) electrons. The first-order valence-corrected chi connectivity index (χ1v) is 11.2. The van der Waals surface area contributed by atoms with E-state index in [1.807, 2.05) is 54.6 Å². The van der Waals surface area contributed by atoms with Crippen LogP contribution >= 0.6 is 61.1 Å². The lowest BCUT2D eigenvalue weighted by Gasteiger charge is -2.11. The summed E-state index contributed by atoms with van der Waals surface area (Å²) in [5.74, 6) is 0.602. The largest absolute Gasteiger partial charge is 0.487 e. The van der Waals surface area contributed by atoms with Crippen LogP contribution < -0.4 is 10.2 Å². The van der Waals surface area contributed by atoms with Crippen molar-refractivity contribution in [1.29, 1.82) is 0 Å². The Morgan fingerprint density at radius 1 is 1.04 bits per heavy atom. The zero-order chi connectivity index (χ0) is 19.9. The van der Waals surface area contributed by atoms with Crippen LogP contribution in [0.4, 0.5) is 0 Å². The number of carbonyl (C=O) groups is 1. The lowest BCUT2D eigenvalue weighted by molar-refractivity contribution is 0.0955. The molecular formula is C21H15BrI2N2O2. The van der Waals surface area contributed by atoms with Crippen LogP contribution in [0.1, 0.15) is 21.5 Å². The number of hydrogen-bond acceptors (Lipinski definition) is 3. The van der Waals surface area contributed by atoms with E-state index in [1.54, 1.807) is 18.3 Å². The first kappa shape index (κ1) is 21.3. The first-order chi connectivity index (χ1) is 13.5. The van der Waals surface area contributed by atoms with Crippen LogP contribution in [0.25, 0.3) is 0 Å². The maximum absolute atomic E-state index is 12.0. The third-order valence-electron chi connectivity index (χ3n) is 3.73. The average Bonchev–Trinajstić information content (AvgIpc) is 2.69. The number of benzene rings is 3. The fourth-order valence-electron chi connectivity index (χ4n) is 2.35. The van der Waals surface area contributed by atoms with Crippen LogP contribution in [0.2, 0.25) is 0 Å². The van der Waals surface area contributed by atoms with Gasteiger partial charge in [-0.3, -0.25) is 4.79 Å². The van der Waals surface area contributed by atoms with E-state index in [4.69, 9.17) is 4.74 Å².